The summed E-state index contributed by atoms with van der Waals surface area (Å²) in [6.45, 7) is 0.284. The first-order chi connectivity index (χ1) is 5.77. The number of hydrogen-bond acceptors (Lipinski definition) is 3. The molecule has 0 saturated heterocycles. The minimum atomic E-state index is -0.404. The van der Waals surface area contributed by atoms with Crippen LogP contribution >= 0.6 is 12.2 Å². The second-order valence-corrected chi connectivity index (χ2v) is 2.70. The molecule has 0 unspecified atom stereocenters. The molecule has 1 aromatic rings. The van der Waals surface area contributed by atoms with Gasteiger partial charge >= 0.3 is 5.24 Å². The smallest absolute Gasteiger partial charge is 0.358 e. The lowest BCUT2D eigenvalue weighted by atomic mass is 10.2. The Morgan fingerprint density at radius 2 is 2.25 bits per heavy atom. The Bertz CT molecular complexity index is 338. The van der Waals surface area contributed by atoms with Gasteiger partial charge in [0, 0.05) is 17.8 Å². The van der Waals surface area contributed by atoms with Crippen LogP contribution in [0.3, 0.4) is 0 Å². The number of benzene rings is 1. The highest BCUT2D eigenvalue weighted by molar-refractivity contribution is 7.79. The SMILES string of the molecule is Fc1cccc2c1OC(=S)OC2. The molecule has 4 heteroatoms. The van der Waals surface area contributed by atoms with Crippen molar-refractivity contribution in [3.05, 3.63) is 29.6 Å². The van der Waals surface area contributed by atoms with Crippen LogP contribution in [-0.2, 0) is 11.3 Å². The molecule has 62 valence electrons. The van der Waals surface area contributed by atoms with Crippen LogP contribution in [0.2, 0.25) is 0 Å². The van der Waals surface area contributed by atoms with Gasteiger partial charge in [-0.25, -0.2) is 4.39 Å². The highest BCUT2D eigenvalue weighted by atomic mass is 32.1. The van der Waals surface area contributed by atoms with Crippen LogP contribution in [0.15, 0.2) is 18.2 Å². The number of fused-ring (bicyclic) bond motifs is 1. The van der Waals surface area contributed by atoms with Crippen molar-refractivity contribution in [1.29, 1.82) is 0 Å². The van der Waals surface area contributed by atoms with E-state index in [0.717, 1.165) is 0 Å². The molecule has 0 aromatic heterocycles. The Labute approximate surface area is 73.9 Å². The first-order valence-electron chi connectivity index (χ1n) is 3.39. The van der Waals surface area contributed by atoms with Crippen molar-refractivity contribution in [2.45, 2.75) is 6.61 Å². The Balaban J connectivity index is 2.50. The summed E-state index contributed by atoms with van der Waals surface area (Å²) in [6.07, 6.45) is 0. The zero-order chi connectivity index (χ0) is 8.55. The molecule has 0 saturated carbocycles. The predicted octanol–water partition coefficient (Wildman–Crippen LogP) is 2.02. The van der Waals surface area contributed by atoms with Crippen LogP contribution < -0.4 is 4.74 Å². The van der Waals surface area contributed by atoms with Gasteiger partial charge in [0.15, 0.2) is 11.6 Å². The quantitative estimate of drug-likeness (QED) is 0.575. The first-order valence-corrected chi connectivity index (χ1v) is 3.80. The molecule has 2 nitrogen and oxygen atoms in total. The van der Waals surface area contributed by atoms with Crippen molar-refractivity contribution < 1.29 is 13.9 Å². The maximum atomic E-state index is 13.0. The largest absolute Gasteiger partial charge is 0.452 e. The third-order valence-corrected chi connectivity index (χ3v) is 1.78. The summed E-state index contributed by atoms with van der Waals surface area (Å²) < 4.78 is 22.8. The second kappa shape index (κ2) is 2.71. The van der Waals surface area contributed by atoms with Gasteiger partial charge in [-0.1, -0.05) is 12.1 Å². The molecular weight excluding hydrogens is 179 g/mol. The second-order valence-electron chi connectivity index (χ2n) is 2.37. The molecule has 0 N–H and O–H groups in total. The normalized spacial score (nSPS) is 14.6. The molecule has 0 atom stereocenters. The summed E-state index contributed by atoms with van der Waals surface area (Å²) in [5, 5.41) is -0.0207. The molecule has 0 spiro atoms. The third-order valence-electron chi connectivity index (χ3n) is 1.58. The fourth-order valence-electron chi connectivity index (χ4n) is 1.03. The molecule has 1 aliphatic rings. The van der Waals surface area contributed by atoms with Crippen LogP contribution in [0.1, 0.15) is 5.56 Å². The van der Waals surface area contributed by atoms with E-state index in [2.05, 4.69) is 12.2 Å². The van der Waals surface area contributed by atoms with Crippen molar-refractivity contribution in [2.75, 3.05) is 0 Å². The van der Waals surface area contributed by atoms with E-state index in [9.17, 15) is 4.39 Å². The van der Waals surface area contributed by atoms with Crippen molar-refractivity contribution in [3.63, 3.8) is 0 Å². The lowest BCUT2D eigenvalue weighted by molar-refractivity contribution is 0.205. The first kappa shape index (κ1) is 7.49. The predicted molar refractivity (Wildman–Crippen MR) is 44.4 cm³/mol. The molecule has 0 fully saturated rings. The van der Waals surface area contributed by atoms with Crippen LogP contribution in [0.4, 0.5) is 4.39 Å². The standard InChI is InChI=1S/C8H5FO2S/c9-6-3-1-2-5-4-10-8(12)11-7(5)6/h1-3H,4H2. The number of para-hydroxylation sites is 1. The topological polar surface area (TPSA) is 18.5 Å². The summed E-state index contributed by atoms with van der Waals surface area (Å²) in [4.78, 5) is 0. The molecule has 0 radical (unpaired) electrons. The summed E-state index contributed by atoms with van der Waals surface area (Å²) >= 11 is 4.63. The minimum absolute atomic E-state index is 0.0207. The van der Waals surface area contributed by atoms with Gasteiger partial charge in [0.2, 0.25) is 0 Å². The summed E-state index contributed by atoms with van der Waals surface area (Å²) in [5.74, 6) is -0.216. The van der Waals surface area contributed by atoms with Gasteiger partial charge in [0.25, 0.3) is 0 Å². The number of hydrogen-bond donors (Lipinski definition) is 0. The fraction of sp³-hybridized carbons (Fsp3) is 0.125. The molecule has 12 heavy (non-hydrogen) atoms. The van der Waals surface area contributed by atoms with Crippen LogP contribution in [0.5, 0.6) is 5.75 Å². The zero-order valence-corrected chi connectivity index (χ0v) is 6.86. The van der Waals surface area contributed by atoms with Gasteiger partial charge in [-0.2, -0.15) is 0 Å². The Morgan fingerprint density at radius 1 is 1.42 bits per heavy atom. The Kier molecular flexibility index (Phi) is 1.69. The van der Waals surface area contributed by atoms with E-state index in [1.807, 2.05) is 0 Å². The van der Waals surface area contributed by atoms with E-state index in [0.29, 0.717) is 5.56 Å². The van der Waals surface area contributed by atoms with Gasteiger partial charge in [-0.05, 0) is 6.07 Å². The average Bonchev–Trinajstić information content (AvgIpc) is 2.07. The molecule has 1 aromatic carbocycles. The van der Waals surface area contributed by atoms with E-state index < -0.39 is 5.82 Å². The Hall–Kier alpha value is -1.16. The monoisotopic (exact) mass is 184 g/mol. The number of thiocarbonyl (C=S) groups is 1. The molecule has 2 rings (SSSR count). The van der Waals surface area contributed by atoms with Crippen LogP contribution in [0, 0.1) is 5.82 Å². The van der Waals surface area contributed by atoms with Gasteiger partial charge in [-0.15, -0.1) is 0 Å². The molecular formula is C8H5FO2S. The van der Waals surface area contributed by atoms with E-state index in [4.69, 9.17) is 9.47 Å². The van der Waals surface area contributed by atoms with E-state index in [-0.39, 0.29) is 17.6 Å². The molecule has 0 aliphatic carbocycles. The minimum Gasteiger partial charge on any atom is -0.452 e. The van der Waals surface area contributed by atoms with Crippen molar-refractivity contribution >= 4 is 17.5 Å². The van der Waals surface area contributed by atoms with Gasteiger partial charge in [0.05, 0.1) is 0 Å². The van der Waals surface area contributed by atoms with Gasteiger partial charge < -0.3 is 9.47 Å². The molecule has 0 amide bonds. The van der Waals surface area contributed by atoms with Crippen LogP contribution in [-0.4, -0.2) is 5.24 Å². The lowest BCUT2D eigenvalue weighted by Gasteiger charge is -2.17. The van der Waals surface area contributed by atoms with Gasteiger partial charge in [0.1, 0.15) is 6.61 Å². The van der Waals surface area contributed by atoms with E-state index >= 15 is 0 Å². The zero-order valence-electron chi connectivity index (χ0n) is 6.04. The lowest BCUT2D eigenvalue weighted by Crippen LogP contribution is -2.17. The number of halogens is 1. The third kappa shape index (κ3) is 1.14. The Morgan fingerprint density at radius 3 is 3.08 bits per heavy atom. The maximum absolute atomic E-state index is 13.0. The van der Waals surface area contributed by atoms with E-state index in [1.165, 1.54) is 6.07 Å². The van der Waals surface area contributed by atoms with Crippen LogP contribution in [0.25, 0.3) is 0 Å². The number of ether oxygens (including phenoxy) is 2. The fourth-order valence-corrected chi connectivity index (χ4v) is 1.17. The molecule has 1 heterocycles. The maximum Gasteiger partial charge on any atom is 0.358 e. The van der Waals surface area contributed by atoms with Crippen molar-refractivity contribution in [3.8, 4) is 5.75 Å². The summed E-state index contributed by atoms with van der Waals surface area (Å²) in [7, 11) is 0. The highest BCUT2D eigenvalue weighted by Crippen LogP contribution is 2.27. The van der Waals surface area contributed by atoms with Crippen molar-refractivity contribution in [1.82, 2.24) is 0 Å². The number of rotatable bonds is 0. The average molecular weight is 184 g/mol. The highest BCUT2D eigenvalue weighted by Gasteiger charge is 2.18. The molecule has 1 aliphatic heterocycles. The van der Waals surface area contributed by atoms with Crippen molar-refractivity contribution in [2.24, 2.45) is 0 Å². The molecule has 0 bridgehead atoms. The summed E-state index contributed by atoms with van der Waals surface area (Å²) in [5.41, 5.74) is 0.684. The summed E-state index contributed by atoms with van der Waals surface area (Å²) in [6, 6.07) is 4.67. The van der Waals surface area contributed by atoms with E-state index in [1.54, 1.807) is 12.1 Å². The van der Waals surface area contributed by atoms with Gasteiger partial charge in [-0.3, -0.25) is 0 Å².